The monoisotopic (exact) mass is 261 g/mol. The molecule has 1 aromatic rings. The van der Waals surface area contributed by atoms with Crippen molar-refractivity contribution in [3.05, 3.63) is 29.8 Å². The zero-order valence-electron chi connectivity index (χ0n) is 11.6. The molecule has 2 N–H and O–H groups in total. The summed E-state index contributed by atoms with van der Waals surface area (Å²) < 4.78 is 0. The van der Waals surface area contributed by atoms with Crippen molar-refractivity contribution in [1.82, 2.24) is 9.80 Å². The van der Waals surface area contributed by atoms with Crippen LogP contribution in [0.25, 0.3) is 0 Å². The smallest absolute Gasteiger partial charge is 0.222 e. The van der Waals surface area contributed by atoms with E-state index in [1.807, 2.05) is 29.2 Å². The van der Waals surface area contributed by atoms with Gasteiger partial charge in [-0.2, -0.15) is 0 Å². The van der Waals surface area contributed by atoms with Crippen molar-refractivity contribution >= 4 is 11.6 Å². The number of carbonyl (C=O) groups excluding carboxylic acids is 1. The molecule has 1 saturated heterocycles. The van der Waals surface area contributed by atoms with E-state index in [-0.39, 0.29) is 5.91 Å². The minimum atomic E-state index is 0.249. The van der Waals surface area contributed by atoms with Crippen molar-refractivity contribution in [2.75, 3.05) is 39.0 Å². The van der Waals surface area contributed by atoms with Gasteiger partial charge in [0.1, 0.15) is 0 Å². The number of hydrogen-bond acceptors (Lipinski definition) is 3. The summed E-state index contributed by atoms with van der Waals surface area (Å²) in [5.41, 5.74) is 7.75. The lowest BCUT2D eigenvalue weighted by Crippen LogP contribution is -2.34. The molecule has 0 unspecified atom stereocenters. The molecule has 0 bridgehead atoms. The first kappa shape index (κ1) is 13.9. The maximum atomic E-state index is 12.2. The molecule has 1 amide bonds. The maximum Gasteiger partial charge on any atom is 0.222 e. The van der Waals surface area contributed by atoms with Gasteiger partial charge in [0.15, 0.2) is 0 Å². The minimum Gasteiger partial charge on any atom is -0.399 e. The van der Waals surface area contributed by atoms with E-state index >= 15 is 0 Å². The van der Waals surface area contributed by atoms with Crippen LogP contribution < -0.4 is 5.73 Å². The fraction of sp³-hybridized carbons (Fsp3) is 0.533. The lowest BCUT2D eigenvalue weighted by Gasteiger charge is -2.20. The lowest BCUT2D eigenvalue weighted by atomic mass is 10.1. The third kappa shape index (κ3) is 3.96. The third-order valence-corrected chi connectivity index (χ3v) is 3.74. The molecule has 1 aliphatic heterocycles. The molecular formula is C15H23N3O. The Bertz CT molecular complexity index is 433. The number of carbonyl (C=O) groups is 1. The van der Waals surface area contributed by atoms with E-state index in [1.165, 1.54) is 0 Å². The average Bonchev–Trinajstić information content (AvgIpc) is 2.62. The molecule has 0 aromatic heterocycles. The van der Waals surface area contributed by atoms with Gasteiger partial charge >= 0.3 is 0 Å². The topological polar surface area (TPSA) is 49.6 Å². The Morgan fingerprint density at radius 2 is 2.00 bits per heavy atom. The second-order valence-electron chi connectivity index (χ2n) is 5.24. The van der Waals surface area contributed by atoms with E-state index in [0.29, 0.717) is 6.42 Å². The van der Waals surface area contributed by atoms with Gasteiger partial charge < -0.3 is 15.5 Å². The number of amides is 1. The number of hydrogen-bond donors (Lipinski definition) is 1. The molecule has 1 aromatic carbocycles. The summed E-state index contributed by atoms with van der Waals surface area (Å²) in [4.78, 5) is 16.5. The van der Waals surface area contributed by atoms with Crippen LogP contribution in [0.3, 0.4) is 0 Å². The van der Waals surface area contributed by atoms with Crippen LogP contribution in [-0.2, 0) is 11.2 Å². The van der Waals surface area contributed by atoms with E-state index in [1.54, 1.807) is 0 Å². The molecule has 0 radical (unpaired) electrons. The molecule has 0 aliphatic carbocycles. The van der Waals surface area contributed by atoms with E-state index < -0.39 is 0 Å². The van der Waals surface area contributed by atoms with Crippen molar-refractivity contribution < 1.29 is 4.79 Å². The Hall–Kier alpha value is -1.55. The van der Waals surface area contributed by atoms with E-state index in [4.69, 9.17) is 5.73 Å². The third-order valence-electron chi connectivity index (χ3n) is 3.74. The molecule has 19 heavy (non-hydrogen) atoms. The summed E-state index contributed by atoms with van der Waals surface area (Å²) in [6.45, 7) is 3.78. The summed E-state index contributed by atoms with van der Waals surface area (Å²) in [6.07, 6.45) is 2.35. The van der Waals surface area contributed by atoms with E-state index in [2.05, 4.69) is 11.9 Å². The van der Waals surface area contributed by atoms with Gasteiger partial charge in [-0.15, -0.1) is 0 Å². The lowest BCUT2D eigenvalue weighted by molar-refractivity contribution is -0.131. The average molecular weight is 261 g/mol. The number of rotatable bonds is 3. The molecule has 1 fully saturated rings. The number of anilines is 1. The van der Waals surface area contributed by atoms with E-state index in [0.717, 1.165) is 50.3 Å². The second-order valence-corrected chi connectivity index (χ2v) is 5.24. The number of nitrogens with two attached hydrogens (primary N) is 1. The predicted octanol–water partition coefficient (Wildman–Crippen LogP) is 1.37. The highest BCUT2D eigenvalue weighted by Crippen LogP contribution is 2.14. The summed E-state index contributed by atoms with van der Waals surface area (Å²) in [7, 11) is 2.11. The highest BCUT2D eigenvalue weighted by atomic mass is 16.2. The van der Waals surface area contributed by atoms with Crippen molar-refractivity contribution in [1.29, 1.82) is 0 Å². The number of nitrogen functional groups attached to an aromatic ring is 1. The Labute approximate surface area is 115 Å². The fourth-order valence-electron chi connectivity index (χ4n) is 2.46. The molecule has 0 atom stereocenters. The molecule has 2 rings (SSSR count). The molecule has 104 valence electrons. The number of likely N-dealkylation sites (N-methyl/N-ethyl adjacent to an activating group) is 1. The summed E-state index contributed by atoms with van der Waals surface area (Å²) in [5, 5.41) is 0. The normalized spacial score (nSPS) is 17.2. The quantitative estimate of drug-likeness (QED) is 0.836. The first-order chi connectivity index (χ1) is 9.16. The Balaban J connectivity index is 1.86. The van der Waals surface area contributed by atoms with Gasteiger partial charge in [-0.3, -0.25) is 4.79 Å². The van der Waals surface area contributed by atoms with Gasteiger partial charge in [0.05, 0.1) is 0 Å². The van der Waals surface area contributed by atoms with Crippen molar-refractivity contribution in [3.8, 4) is 0 Å². The Morgan fingerprint density at radius 1 is 1.21 bits per heavy atom. The second kappa shape index (κ2) is 6.57. The molecule has 1 aliphatic rings. The van der Waals surface area contributed by atoms with Crippen LogP contribution in [0.15, 0.2) is 24.3 Å². The first-order valence-electron chi connectivity index (χ1n) is 6.96. The van der Waals surface area contributed by atoms with Crippen LogP contribution >= 0.6 is 0 Å². The molecule has 0 spiro atoms. The molecular weight excluding hydrogens is 238 g/mol. The van der Waals surface area contributed by atoms with Gasteiger partial charge in [0.25, 0.3) is 0 Å². The van der Waals surface area contributed by atoms with Crippen LogP contribution in [0, 0.1) is 0 Å². The van der Waals surface area contributed by atoms with E-state index in [9.17, 15) is 4.79 Å². The highest BCUT2D eigenvalue weighted by molar-refractivity contribution is 5.76. The number of benzene rings is 1. The standard InChI is InChI=1S/C15H23N3O/c1-17-9-4-10-18(12-11-17)15(19)8-7-13-5-2-3-6-14(13)16/h2-3,5-6H,4,7-12,16H2,1H3. The van der Waals surface area contributed by atoms with Crippen molar-refractivity contribution in [3.63, 3.8) is 0 Å². The van der Waals surface area contributed by atoms with Gasteiger partial charge in [-0.05, 0) is 38.1 Å². The Kier molecular flexibility index (Phi) is 4.80. The van der Waals surface area contributed by atoms with Crippen LogP contribution in [0.5, 0.6) is 0 Å². The Morgan fingerprint density at radius 3 is 2.79 bits per heavy atom. The molecule has 4 nitrogen and oxygen atoms in total. The van der Waals surface area contributed by atoms with Crippen LogP contribution in [0.2, 0.25) is 0 Å². The van der Waals surface area contributed by atoms with Gasteiger partial charge in [-0.1, -0.05) is 18.2 Å². The van der Waals surface area contributed by atoms with Crippen LogP contribution in [0.1, 0.15) is 18.4 Å². The SMILES string of the molecule is CN1CCCN(C(=O)CCc2ccccc2N)CC1. The zero-order valence-corrected chi connectivity index (χ0v) is 11.6. The largest absolute Gasteiger partial charge is 0.399 e. The van der Waals surface area contributed by atoms with Crippen LogP contribution in [-0.4, -0.2) is 48.9 Å². The maximum absolute atomic E-state index is 12.2. The molecule has 0 saturated carbocycles. The molecule has 4 heteroatoms. The van der Waals surface area contributed by atoms with Gasteiger partial charge in [-0.25, -0.2) is 0 Å². The van der Waals surface area contributed by atoms with Crippen molar-refractivity contribution in [2.24, 2.45) is 0 Å². The van der Waals surface area contributed by atoms with Gasteiger partial charge in [0.2, 0.25) is 5.91 Å². The summed E-state index contributed by atoms with van der Waals surface area (Å²) in [5.74, 6) is 0.249. The number of aryl methyl sites for hydroxylation is 1. The number of nitrogens with zero attached hydrogens (tertiary/aromatic N) is 2. The predicted molar refractivity (Wildman–Crippen MR) is 77.9 cm³/mol. The number of para-hydroxylation sites is 1. The summed E-state index contributed by atoms with van der Waals surface area (Å²) >= 11 is 0. The molecule has 1 heterocycles. The first-order valence-corrected chi connectivity index (χ1v) is 6.96. The summed E-state index contributed by atoms with van der Waals surface area (Å²) in [6, 6.07) is 7.78. The highest BCUT2D eigenvalue weighted by Gasteiger charge is 2.17. The van der Waals surface area contributed by atoms with Crippen LogP contribution in [0.4, 0.5) is 5.69 Å². The fourth-order valence-corrected chi connectivity index (χ4v) is 2.46. The van der Waals surface area contributed by atoms with Gasteiger partial charge in [0, 0.05) is 31.7 Å². The zero-order chi connectivity index (χ0) is 13.7. The minimum absolute atomic E-state index is 0.249. The van der Waals surface area contributed by atoms with Crippen molar-refractivity contribution in [2.45, 2.75) is 19.3 Å².